The molecule has 1 saturated heterocycles. The summed E-state index contributed by atoms with van der Waals surface area (Å²) in [7, 11) is 1.93. The van der Waals surface area contributed by atoms with Crippen LogP contribution in [0.2, 0.25) is 0 Å². The summed E-state index contributed by atoms with van der Waals surface area (Å²) in [6, 6.07) is 0. The molecular formula is C16H25N3O2. The third-order valence-electron chi connectivity index (χ3n) is 4.27. The predicted molar refractivity (Wildman–Crippen MR) is 84.5 cm³/mol. The molecular weight excluding hydrogens is 266 g/mol. The Morgan fingerprint density at radius 1 is 1.33 bits per heavy atom. The summed E-state index contributed by atoms with van der Waals surface area (Å²) in [5.41, 5.74) is 2.16. The molecule has 5 nitrogen and oxygen atoms in total. The standard InChI is InChI=1S/C16H25N3O2/c1-12-13(6-7-14(20)21)15(18(4)17-12)19-10-5-8-16(2,3)9-11-19/h6-7H,5,8-11H2,1-4H3,(H,20,21). The maximum Gasteiger partial charge on any atom is 0.328 e. The van der Waals surface area contributed by atoms with Crippen molar-refractivity contribution in [2.75, 3.05) is 18.0 Å². The zero-order valence-corrected chi connectivity index (χ0v) is 13.4. The SMILES string of the molecule is Cc1nn(C)c(N2CCCC(C)(C)CC2)c1C=CC(=O)O. The van der Waals surface area contributed by atoms with Crippen LogP contribution in [0.25, 0.3) is 6.08 Å². The summed E-state index contributed by atoms with van der Waals surface area (Å²) < 4.78 is 1.87. The van der Waals surface area contributed by atoms with Gasteiger partial charge in [0.1, 0.15) is 5.82 Å². The first kappa shape index (κ1) is 15.6. The minimum Gasteiger partial charge on any atom is -0.478 e. The zero-order chi connectivity index (χ0) is 15.6. The fourth-order valence-corrected chi connectivity index (χ4v) is 3.02. The highest BCUT2D eigenvalue weighted by Gasteiger charge is 2.26. The van der Waals surface area contributed by atoms with Crippen LogP contribution < -0.4 is 4.90 Å². The summed E-state index contributed by atoms with van der Waals surface area (Å²) in [6.45, 7) is 8.54. The van der Waals surface area contributed by atoms with E-state index in [1.807, 2.05) is 18.7 Å². The monoisotopic (exact) mass is 291 g/mol. The van der Waals surface area contributed by atoms with Crippen LogP contribution in [0.3, 0.4) is 0 Å². The molecule has 1 aromatic rings. The number of hydrogen-bond donors (Lipinski definition) is 1. The average molecular weight is 291 g/mol. The van der Waals surface area contributed by atoms with Crippen molar-refractivity contribution >= 4 is 17.9 Å². The third kappa shape index (κ3) is 3.65. The molecule has 0 atom stereocenters. The largest absolute Gasteiger partial charge is 0.478 e. The smallest absolute Gasteiger partial charge is 0.328 e. The fourth-order valence-electron chi connectivity index (χ4n) is 3.02. The zero-order valence-electron chi connectivity index (χ0n) is 13.4. The molecule has 1 N–H and O–H groups in total. The summed E-state index contributed by atoms with van der Waals surface area (Å²) in [5, 5.41) is 13.3. The lowest BCUT2D eigenvalue weighted by Gasteiger charge is -2.25. The Labute approximate surface area is 126 Å². The van der Waals surface area contributed by atoms with E-state index in [4.69, 9.17) is 5.11 Å². The maximum absolute atomic E-state index is 10.8. The van der Waals surface area contributed by atoms with Crippen LogP contribution in [-0.4, -0.2) is 33.9 Å². The van der Waals surface area contributed by atoms with Crippen LogP contribution in [0.5, 0.6) is 0 Å². The van der Waals surface area contributed by atoms with Gasteiger partial charge in [-0.05, 0) is 37.7 Å². The molecule has 0 aliphatic carbocycles. The second kappa shape index (κ2) is 5.92. The number of aryl methyl sites for hydroxylation is 2. The first-order valence-corrected chi connectivity index (χ1v) is 7.50. The minimum atomic E-state index is -0.929. The second-order valence-electron chi connectivity index (χ2n) is 6.62. The van der Waals surface area contributed by atoms with E-state index in [9.17, 15) is 4.79 Å². The van der Waals surface area contributed by atoms with Gasteiger partial charge < -0.3 is 10.0 Å². The van der Waals surface area contributed by atoms with Gasteiger partial charge in [0.25, 0.3) is 0 Å². The van der Waals surface area contributed by atoms with Crippen molar-refractivity contribution in [2.24, 2.45) is 12.5 Å². The van der Waals surface area contributed by atoms with E-state index in [0.29, 0.717) is 5.41 Å². The van der Waals surface area contributed by atoms with E-state index in [2.05, 4.69) is 23.8 Å². The highest BCUT2D eigenvalue weighted by molar-refractivity contribution is 5.87. The molecule has 1 aliphatic rings. The Bertz CT molecular complexity index is 558. The highest BCUT2D eigenvalue weighted by atomic mass is 16.4. The van der Waals surface area contributed by atoms with Crippen molar-refractivity contribution < 1.29 is 9.90 Å². The van der Waals surface area contributed by atoms with Crippen LogP contribution >= 0.6 is 0 Å². The van der Waals surface area contributed by atoms with Gasteiger partial charge in [0.15, 0.2) is 0 Å². The van der Waals surface area contributed by atoms with Crippen LogP contribution in [-0.2, 0) is 11.8 Å². The topological polar surface area (TPSA) is 58.4 Å². The second-order valence-corrected chi connectivity index (χ2v) is 6.62. The van der Waals surface area contributed by atoms with Crippen LogP contribution in [0, 0.1) is 12.3 Å². The number of carboxylic acids is 1. The van der Waals surface area contributed by atoms with Crippen LogP contribution in [0.4, 0.5) is 5.82 Å². The molecule has 116 valence electrons. The van der Waals surface area contributed by atoms with Crippen LogP contribution in [0.15, 0.2) is 6.08 Å². The van der Waals surface area contributed by atoms with Gasteiger partial charge in [0.05, 0.1) is 5.69 Å². The Kier molecular flexibility index (Phi) is 4.40. The van der Waals surface area contributed by atoms with E-state index < -0.39 is 5.97 Å². The quantitative estimate of drug-likeness (QED) is 0.870. The molecule has 1 fully saturated rings. The minimum absolute atomic E-state index is 0.374. The van der Waals surface area contributed by atoms with Gasteiger partial charge in [-0.15, -0.1) is 0 Å². The van der Waals surface area contributed by atoms with E-state index in [-0.39, 0.29) is 0 Å². The van der Waals surface area contributed by atoms with Gasteiger partial charge in [-0.1, -0.05) is 13.8 Å². The number of rotatable bonds is 3. The molecule has 1 aromatic heterocycles. The molecule has 2 rings (SSSR count). The van der Waals surface area contributed by atoms with Crippen molar-refractivity contribution in [1.29, 1.82) is 0 Å². The maximum atomic E-state index is 10.8. The molecule has 21 heavy (non-hydrogen) atoms. The van der Waals surface area contributed by atoms with Gasteiger partial charge >= 0.3 is 5.97 Å². The van der Waals surface area contributed by atoms with Gasteiger partial charge in [-0.25, -0.2) is 4.79 Å². The van der Waals surface area contributed by atoms with E-state index >= 15 is 0 Å². The number of aliphatic carboxylic acids is 1. The Hall–Kier alpha value is -1.78. The van der Waals surface area contributed by atoms with Gasteiger partial charge in [0, 0.05) is 31.8 Å². The van der Waals surface area contributed by atoms with Gasteiger partial charge in [-0.2, -0.15) is 5.10 Å². The Morgan fingerprint density at radius 3 is 2.71 bits per heavy atom. The van der Waals surface area contributed by atoms with Gasteiger partial charge in [0.2, 0.25) is 0 Å². The Balaban J connectivity index is 2.32. The molecule has 0 aromatic carbocycles. The van der Waals surface area contributed by atoms with Crippen molar-refractivity contribution in [3.63, 3.8) is 0 Å². The number of anilines is 1. The molecule has 1 aliphatic heterocycles. The summed E-state index contributed by atoms with van der Waals surface area (Å²) in [4.78, 5) is 13.1. The Morgan fingerprint density at radius 2 is 2.05 bits per heavy atom. The highest BCUT2D eigenvalue weighted by Crippen LogP contribution is 2.33. The molecule has 5 heteroatoms. The lowest BCUT2D eigenvalue weighted by molar-refractivity contribution is -0.131. The first-order chi connectivity index (χ1) is 9.80. The molecule has 2 heterocycles. The lowest BCUT2D eigenvalue weighted by atomic mass is 9.85. The summed E-state index contributed by atoms with van der Waals surface area (Å²) >= 11 is 0. The predicted octanol–water partition coefficient (Wildman–Crippen LogP) is 2.84. The number of carbonyl (C=O) groups is 1. The third-order valence-corrected chi connectivity index (χ3v) is 4.27. The molecule has 0 unspecified atom stereocenters. The van der Waals surface area contributed by atoms with E-state index in [1.54, 1.807) is 6.08 Å². The summed E-state index contributed by atoms with van der Waals surface area (Å²) in [6.07, 6.45) is 6.37. The molecule has 0 amide bonds. The van der Waals surface area contributed by atoms with Gasteiger partial charge in [-0.3, -0.25) is 4.68 Å². The molecule has 0 spiro atoms. The van der Waals surface area contributed by atoms with E-state index in [0.717, 1.165) is 43.0 Å². The average Bonchev–Trinajstić information content (AvgIpc) is 2.53. The summed E-state index contributed by atoms with van der Waals surface area (Å²) in [5.74, 6) is 0.101. The van der Waals surface area contributed by atoms with Crippen molar-refractivity contribution in [3.8, 4) is 0 Å². The molecule has 0 bridgehead atoms. The number of carboxylic acid groups (broad SMARTS) is 1. The number of hydrogen-bond acceptors (Lipinski definition) is 3. The molecule has 0 saturated carbocycles. The number of nitrogens with zero attached hydrogens (tertiary/aromatic N) is 3. The van der Waals surface area contributed by atoms with E-state index in [1.165, 1.54) is 12.5 Å². The van der Waals surface area contributed by atoms with Crippen LogP contribution in [0.1, 0.15) is 44.4 Å². The van der Waals surface area contributed by atoms with Crippen molar-refractivity contribution in [1.82, 2.24) is 9.78 Å². The van der Waals surface area contributed by atoms with Crippen molar-refractivity contribution in [2.45, 2.75) is 40.0 Å². The first-order valence-electron chi connectivity index (χ1n) is 7.50. The van der Waals surface area contributed by atoms with Crippen molar-refractivity contribution in [3.05, 3.63) is 17.3 Å². The lowest BCUT2D eigenvalue weighted by Crippen LogP contribution is -2.27. The fraction of sp³-hybridized carbons (Fsp3) is 0.625. The normalized spacial score (nSPS) is 19.0. The molecule has 0 radical (unpaired) electrons. The number of aromatic nitrogens is 2.